The van der Waals surface area contributed by atoms with Crippen molar-refractivity contribution in [3.8, 4) is 5.75 Å². The molecule has 1 aliphatic carbocycles. The summed E-state index contributed by atoms with van der Waals surface area (Å²) in [4.78, 5) is 88.2. The minimum atomic E-state index is -1.11. The molecular formula is C38H52N6O9. The molecule has 3 aliphatic rings. The highest BCUT2D eigenvalue weighted by molar-refractivity contribution is 5.99. The number of aromatic nitrogens is 1. The van der Waals surface area contributed by atoms with E-state index in [1.165, 1.54) is 11.0 Å². The van der Waals surface area contributed by atoms with Gasteiger partial charge in [0.05, 0.1) is 12.1 Å². The number of nitrogens with one attached hydrogen (secondary N) is 2. The van der Waals surface area contributed by atoms with Crippen LogP contribution in [0.25, 0.3) is 10.9 Å². The maximum absolute atomic E-state index is 13.9. The lowest BCUT2D eigenvalue weighted by Crippen LogP contribution is -2.56. The van der Waals surface area contributed by atoms with E-state index in [2.05, 4.69) is 15.6 Å². The number of likely N-dealkylation sites (tertiary alicyclic amines) is 1. The molecule has 2 saturated heterocycles. The minimum Gasteiger partial charge on any atom is -0.483 e. The number of hydrogen-bond donors (Lipinski definition) is 2. The fourth-order valence-corrected chi connectivity index (χ4v) is 6.64. The second kappa shape index (κ2) is 17.3. The van der Waals surface area contributed by atoms with Crippen molar-refractivity contribution in [3.05, 3.63) is 35.5 Å². The molecule has 2 atom stereocenters. The van der Waals surface area contributed by atoms with Gasteiger partial charge >= 0.3 is 12.1 Å². The van der Waals surface area contributed by atoms with E-state index < -0.39 is 41.6 Å². The van der Waals surface area contributed by atoms with Crippen molar-refractivity contribution in [2.45, 2.75) is 103 Å². The highest BCUT2D eigenvalue weighted by Crippen LogP contribution is 2.28. The molecule has 0 unspecified atom stereocenters. The van der Waals surface area contributed by atoms with E-state index in [0.29, 0.717) is 30.3 Å². The van der Waals surface area contributed by atoms with Crippen LogP contribution in [-0.4, -0.2) is 125 Å². The molecule has 3 heterocycles. The smallest absolute Gasteiger partial charge is 0.409 e. The van der Waals surface area contributed by atoms with Gasteiger partial charge in [-0.05, 0) is 90.8 Å². The molecule has 5 amide bonds. The Morgan fingerprint density at radius 1 is 0.943 bits per heavy atom. The Morgan fingerprint density at radius 2 is 1.66 bits per heavy atom. The monoisotopic (exact) mass is 736 g/mol. The van der Waals surface area contributed by atoms with Crippen LogP contribution in [0, 0.1) is 6.92 Å². The summed E-state index contributed by atoms with van der Waals surface area (Å²) in [5.41, 5.74) is 0.554. The number of piperazine rings is 1. The van der Waals surface area contributed by atoms with Crippen molar-refractivity contribution in [2.75, 3.05) is 45.9 Å². The summed E-state index contributed by atoms with van der Waals surface area (Å²) in [6.45, 7) is 10.1. The molecule has 1 aromatic heterocycles. The summed E-state index contributed by atoms with van der Waals surface area (Å²) in [6, 6.07) is 5.40. The molecule has 3 fully saturated rings. The summed E-state index contributed by atoms with van der Waals surface area (Å²) < 4.78 is 16.6. The van der Waals surface area contributed by atoms with E-state index in [1.807, 2.05) is 13.0 Å². The number of ether oxygens (including phenoxy) is 3. The molecule has 2 N–H and O–H groups in total. The highest BCUT2D eigenvalue weighted by Gasteiger charge is 2.36. The Balaban J connectivity index is 1.32. The summed E-state index contributed by atoms with van der Waals surface area (Å²) >= 11 is 0. The maximum Gasteiger partial charge on any atom is 0.409 e. The first-order chi connectivity index (χ1) is 25.2. The molecule has 1 aromatic carbocycles. The van der Waals surface area contributed by atoms with E-state index in [4.69, 9.17) is 14.2 Å². The standard InChI is InChI=1S/C38H52N6O9/c1-6-51-37(50)43-19-17-42(18-20-43)36(49)27(14-15-33(46)53-38(3,4)5)41-34(47)29-22-31(26-13-12-24(2)21-28(26)40-29)52-23-32(45)44-16-8-11-30(44)35(48)39-25-9-7-10-25/h12-13,21-22,25,27,30H,6-11,14-20,23H2,1-5H3,(H,39,48)(H,41,47)/t27-,30-/m0/s1. The van der Waals surface area contributed by atoms with Crippen LogP contribution in [0.2, 0.25) is 0 Å². The van der Waals surface area contributed by atoms with E-state index >= 15 is 0 Å². The third-order valence-electron chi connectivity index (χ3n) is 9.62. The first-order valence-electron chi connectivity index (χ1n) is 18.6. The van der Waals surface area contributed by atoms with Crippen LogP contribution in [0.3, 0.4) is 0 Å². The number of fused-ring (bicyclic) bond motifs is 1. The third-order valence-corrected chi connectivity index (χ3v) is 9.62. The van der Waals surface area contributed by atoms with Crippen molar-refractivity contribution in [2.24, 2.45) is 0 Å². The zero-order valence-electron chi connectivity index (χ0n) is 31.4. The summed E-state index contributed by atoms with van der Waals surface area (Å²) in [5.74, 6) is -1.83. The lowest BCUT2D eigenvalue weighted by Gasteiger charge is -2.36. The van der Waals surface area contributed by atoms with Crippen LogP contribution in [0.1, 0.15) is 88.7 Å². The average molecular weight is 737 g/mol. The van der Waals surface area contributed by atoms with E-state index in [0.717, 1.165) is 24.8 Å². The second-order valence-electron chi connectivity index (χ2n) is 14.9. The van der Waals surface area contributed by atoms with Gasteiger partial charge in [0.25, 0.3) is 11.8 Å². The minimum absolute atomic E-state index is 0.0343. The van der Waals surface area contributed by atoms with Gasteiger partial charge in [0.2, 0.25) is 11.8 Å². The van der Waals surface area contributed by atoms with Gasteiger partial charge < -0.3 is 39.5 Å². The number of benzene rings is 1. The zero-order valence-corrected chi connectivity index (χ0v) is 31.4. The largest absolute Gasteiger partial charge is 0.483 e. The van der Waals surface area contributed by atoms with Crippen molar-refractivity contribution in [3.63, 3.8) is 0 Å². The van der Waals surface area contributed by atoms with Gasteiger partial charge in [-0.25, -0.2) is 9.78 Å². The number of esters is 1. The van der Waals surface area contributed by atoms with E-state index in [-0.39, 0.29) is 81.5 Å². The zero-order chi connectivity index (χ0) is 38.3. The Labute approximate surface area is 310 Å². The predicted molar refractivity (Wildman–Crippen MR) is 194 cm³/mol. The second-order valence-corrected chi connectivity index (χ2v) is 14.9. The maximum atomic E-state index is 13.9. The number of amides is 5. The van der Waals surface area contributed by atoms with Crippen molar-refractivity contribution >= 4 is 46.6 Å². The van der Waals surface area contributed by atoms with Crippen LogP contribution >= 0.6 is 0 Å². The lowest BCUT2D eigenvalue weighted by atomic mass is 9.93. The third kappa shape index (κ3) is 10.4. The van der Waals surface area contributed by atoms with Gasteiger partial charge in [-0.2, -0.15) is 0 Å². The van der Waals surface area contributed by atoms with Crippen LogP contribution in [0.15, 0.2) is 24.3 Å². The Morgan fingerprint density at radius 3 is 2.32 bits per heavy atom. The van der Waals surface area contributed by atoms with Crippen LogP contribution in [0.4, 0.5) is 4.79 Å². The number of aryl methyl sites for hydroxylation is 1. The molecular weight excluding hydrogens is 684 g/mol. The van der Waals surface area contributed by atoms with Crippen LogP contribution in [0.5, 0.6) is 5.75 Å². The van der Waals surface area contributed by atoms with Gasteiger partial charge in [-0.1, -0.05) is 6.07 Å². The molecule has 1 saturated carbocycles. The number of rotatable bonds is 12. The van der Waals surface area contributed by atoms with Crippen LogP contribution in [-0.2, 0) is 28.7 Å². The number of nitrogens with zero attached hydrogens (tertiary/aromatic N) is 4. The van der Waals surface area contributed by atoms with Crippen LogP contribution < -0.4 is 15.4 Å². The summed E-state index contributed by atoms with van der Waals surface area (Å²) in [5, 5.41) is 6.41. The fraction of sp³-hybridized carbons (Fsp3) is 0.605. The summed E-state index contributed by atoms with van der Waals surface area (Å²) in [7, 11) is 0. The molecule has 15 nitrogen and oxygen atoms in total. The SMILES string of the molecule is CCOC(=O)N1CCN(C(=O)[C@H](CCC(=O)OC(C)(C)C)NC(=O)c2cc(OCC(=O)N3CCC[C@H]3C(=O)NC3CCC3)c3ccc(C)cc3n2)CC1. The average Bonchev–Trinajstić information content (AvgIpc) is 3.59. The van der Waals surface area contributed by atoms with Gasteiger partial charge in [-0.3, -0.25) is 24.0 Å². The lowest BCUT2D eigenvalue weighted by molar-refractivity contribution is -0.155. The van der Waals surface area contributed by atoms with Crippen molar-refractivity contribution in [1.29, 1.82) is 0 Å². The number of carbonyl (C=O) groups excluding carboxylic acids is 6. The molecule has 0 bridgehead atoms. The highest BCUT2D eigenvalue weighted by atomic mass is 16.6. The first-order valence-corrected chi connectivity index (χ1v) is 18.6. The molecule has 0 radical (unpaired) electrons. The van der Waals surface area contributed by atoms with Gasteiger partial charge in [0.15, 0.2) is 6.61 Å². The van der Waals surface area contributed by atoms with E-state index in [9.17, 15) is 28.8 Å². The van der Waals surface area contributed by atoms with Gasteiger partial charge in [0, 0.05) is 56.6 Å². The first kappa shape index (κ1) is 39.3. The Hall–Kier alpha value is -4.95. The van der Waals surface area contributed by atoms with E-state index in [1.54, 1.807) is 49.6 Å². The molecule has 288 valence electrons. The Bertz CT molecular complexity index is 1700. The molecule has 0 spiro atoms. The molecule has 53 heavy (non-hydrogen) atoms. The van der Waals surface area contributed by atoms with Crippen molar-refractivity contribution < 1.29 is 43.0 Å². The quantitative estimate of drug-likeness (QED) is 0.308. The Kier molecular flexibility index (Phi) is 12.8. The predicted octanol–water partition coefficient (Wildman–Crippen LogP) is 3.10. The normalized spacial score (nSPS) is 18.2. The van der Waals surface area contributed by atoms with Gasteiger partial charge in [0.1, 0.15) is 29.1 Å². The number of hydrogen-bond acceptors (Lipinski definition) is 10. The van der Waals surface area contributed by atoms with Gasteiger partial charge in [-0.15, -0.1) is 0 Å². The molecule has 15 heteroatoms. The topological polar surface area (TPSA) is 177 Å². The fourth-order valence-electron chi connectivity index (χ4n) is 6.64. The van der Waals surface area contributed by atoms with Crippen molar-refractivity contribution in [1.82, 2.24) is 30.3 Å². The molecule has 2 aromatic rings. The molecule has 5 rings (SSSR count). The number of pyridine rings is 1. The summed E-state index contributed by atoms with van der Waals surface area (Å²) in [6.07, 6.45) is 3.67. The molecule has 2 aliphatic heterocycles. The number of carbonyl (C=O) groups is 6.